The third-order valence-electron chi connectivity index (χ3n) is 10.1. The molecule has 0 bridgehead atoms. The van der Waals surface area contributed by atoms with Crippen molar-refractivity contribution in [2.45, 2.75) is 6.17 Å². The lowest BCUT2D eigenvalue weighted by Gasteiger charge is -2.23. The van der Waals surface area contributed by atoms with Gasteiger partial charge in [-0.2, -0.15) is 0 Å². The fourth-order valence-corrected chi connectivity index (χ4v) is 8.85. The minimum absolute atomic E-state index is 0.234. The Kier molecular flexibility index (Phi) is 6.12. The molecule has 240 valence electrons. The minimum Gasteiger partial charge on any atom is -0.456 e. The minimum atomic E-state index is -0.234. The summed E-state index contributed by atoms with van der Waals surface area (Å²) in [5.41, 5.74) is 8.44. The molecule has 51 heavy (non-hydrogen) atoms. The smallest absolute Gasteiger partial charge is 0.159 e. The van der Waals surface area contributed by atoms with E-state index in [1.807, 2.05) is 41.7 Å². The molecule has 1 unspecified atom stereocenters. The van der Waals surface area contributed by atoms with Gasteiger partial charge in [0.1, 0.15) is 23.2 Å². The van der Waals surface area contributed by atoms with Gasteiger partial charge in [-0.05, 0) is 54.1 Å². The monoisotopic (exact) mass is 672 g/mol. The molecule has 1 atom stereocenters. The first-order chi connectivity index (χ1) is 25.3. The van der Waals surface area contributed by atoms with Gasteiger partial charge in [0.05, 0.1) is 11.0 Å². The number of rotatable bonds is 4. The van der Waals surface area contributed by atoms with Crippen LogP contribution in [0.3, 0.4) is 0 Å². The molecular weight excluding hydrogens is 645 g/mol. The Morgan fingerprint density at radius 3 is 2.22 bits per heavy atom. The van der Waals surface area contributed by atoms with Crippen LogP contribution in [-0.4, -0.2) is 16.2 Å². The van der Waals surface area contributed by atoms with Crippen LogP contribution in [0.15, 0.2) is 172 Å². The topological polar surface area (TPSA) is 54.8 Å². The molecule has 0 spiro atoms. The highest BCUT2D eigenvalue weighted by atomic mass is 32.1. The van der Waals surface area contributed by atoms with Crippen molar-refractivity contribution in [3.8, 4) is 5.69 Å². The number of hydrogen-bond acceptors (Lipinski definition) is 5. The molecule has 7 aromatic carbocycles. The molecule has 1 N–H and O–H groups in total. The van der Waals surface area contributed by atoms with E-state index in [-0.39, 0.29) is 6.17 Å². The first-order valence-electron chi connectivity index (χ1n) is 17.1. The van der Waals surface area contributed by atoms with Crippen molar-refractivity contribution < 1.29 is 4.42 Å². The highest BCUT2D eigenvalue weighted by molar-refractivity contribution is 7.25. The number of benzene rings is 7. The molecule has 0 saturated heterocycles. The van der Waals surface area contributed by atoms with Gasteiger partial charge in [0.2, 0.25) is 0 Å². The van der Waals surface area contributed by atoms with Gasteiger partial charge in [-0.15, -0.1) is 11.3 Å². The van der Waals surface area contributed by atoms with Gasteiger partial charge >= 0.3 is 0 Å². The van der Waals surface area contributed by atoms with E-state index < -0.39 is 0 Å². The van der Waals surface area contributed by atoms with Crippen LogP contribution >= 0.6 is 11.3 Å². The molecule has 4 heterocycles. The van der Waals surface area contributed by atoms with Crippen molar-refractivity contribution in [3.63, 3.8) is 0 Å². The van der Waals surface area contributed by atoms with Crippen LogP contribution in [0.1, 0.15) is 22.9 Å². The Morgan fingerprint density at radius 2 is 1.33 bits per heavy atom. The molecule has 1 aliphatic heterocycles. The lowest BCUT2D eigenvalue weighted by molar-refractivity contribution is 0.669. The third-order valence-corrected chi connectivity index (χ3v) is 11.2. The number of amidine groups is 2. The Morgan fingerprint density at radius 1 is 0.549 bits per heavy atom. The number of aliphatic imine (C=N–C) groups is 2. The van der Waals surface area contributed by atoms with Crippen LogP contribution in [0.4, 0.5) is 0 Å². The lowest BCUT2D eigenvalue weighted by Crippen LogP contribution is -2.33. The maximum atomic E-state index is 6.30. The second-order valence-corrected chi connectivity index (χ2v) is 14.1. The second-order valence-electron chi connectivity index (χ2n) is 13.0. The van der Waals surface area contributed by atoms with Gasteiger partial charge in [-0.3, -0.25) is 0 Å². The molecule has 3 aromatic heterocycles. The predicted molar refractivity (Wildman–Crippen MR) is 213 cm³/mol. The molecule has 11 rings (SSSR count). The molecule has 0 saturated carbocycles. The van der Waals surface area contributed by atoms with Crippen LogP contribution < -0.4 is 5.32 Å². The molecule has 0 amide bonds. The van der Waals surface area contributed by atoms with Crippen LogP contribution in [0.5, 0.6) is 0 Å². The number of fused-ring (bicyclic) bond motifs is 10. The average Bonchev–Trinajstić information content (AvgIpc) is 3.87. The van der Waals surface area contributed by atoms with E-state index in [1.165, 1.54) is 47.4 Å². The van der Waals surface area contributed by atoms with Gasteiger partial charge in [-0.1, -0.05) is 109 Å². The number of nitrogens with one attached hydrogen (secondary N) is 1. The summed E-state index contributed by atoms with van der Waals surface area (Å²) in [4.78, 5) is 10.1. The van der Waals surface area contributed by atoms with Crippen molar-refractivity contribution in [2.75, 3.05) is 0 Å². The van der Waals surface area contributed by atoms with E-state index in [0.717, 1.165) is 50.6 Å². The van der Waals surface area contributed by atoms with E-state index in [1.54, 1.807) is 0 Å². The Balaban J connectivity index is 1.05. The molecule has 6 heteroatoms. The molecule has 10 aromatic rings. The van der Waals surface area contributed by atoms with Crippen LogP contribution in [0.2, 0.25) is 0 Å². The highest BCUT2D eigenvalue weighted by Gasteiger charge is 2.22. The lowest BCUT2D eigenvalue weighted by atomic mass is 10.1. The van der Waals surface area contributed by atoms with Crippen molar-refractivity contribution >= 4 is 86.9 Å². The quantitative estimate of drug-likeness (QED) is 0.202. The Labute approximate surface area is 296 Å². The van der Waals surface area contributed by atoms with E-state index in [2.05, 4.69) is 137 Å². The average molecular weight is 673 g/mol. The number of hydrogen-bond donors (Lipinski definition) is 1. The molecule has 5 nitrogen and oxygen atoms in total. The fourth-order valence-electron chi connectivity index (χ4n) is 7.72. The summed E-state index contributed by atoms with van der Waals surface area (Å²) in [6.07, 6.45) is -0.234. The van der Waals surface area contributed by atoms with Crippen LogP contribution in [0.25, 0.3) is 69.6 Å². The third kappa shape index (κ3) is 4.40. The zero-order valence-electron chi connectivity index (χ0n) is 27.2. The summed E-state index contributed by atoms with van der Waals surface area (Å²) in [6.45, 7) is 0. The number of para-hydroxylation sites is 2. The molecular formula is C45H28N4OS. The summed E-state index contributed by atoms with van der Waals surface area (Å²) in [7, 11) is 0. The summed E-state index contributed by atoms with van der Waals surface area (Å²) >= 11 is 1.82. The standard InChI is InChI=1S/C45H28N4OS/c1-3-11-27(12-4-1)43-46-44(28-13-5-2-6-14-28)48-45(47-43)29-19-21-31-34-26-30(20-24-39(34)51-40(31)25-29)49-35-17-9-7-15-32(35)41-36(49)22-23-38-42(41)33-16-8-10-18-37(33)50-38/h1-26,43H,(H,46,47,48). The molecule has 1 aliphatic rings. The van der Waals surface area contributed by atoms with E-state index >= 15 is 0 Å². The Bertz CT molecular complexity index is 3060. The molecule has 0 aliphatic carbocycles. The summed E-state index contributed by atoms with van der Waals surface area (Å²) in [5, 5.41) is 10.9. The number of furan rings is 1. The van der Waals surface area contributed by atoms with Crippen molar-refractivity contribution in [1.29, 1.82) is 0 Å². The van der Waals surface area contributed by atoms with Crippen LogP contribution in [0, 0.1) is 0 Å². The maximum Gasteiger partial charge on any atom is 0.159 e. The summed E-state index contributed by atoms with van der Waals surface area (Å²) < 4.78 is 11.2. The van der Waals surface area contributed by atoms with E-state index in [0.29, 0.717) is 0 Å². The summed E-state index contributed by atoms with van der Waals surface area (Å²) in [6, 6.07) is 55.5. The van der Waals surface area contributed by atoms with Crippen molar-refractivity contribution in [1.82, 2.24) is 9.88 Å². The normalized spacial score (nSPS) is 14.9. The number of aromatic nitrogens is 1. The van der Waals surface area contributed by atoms with Crippen molar-refractivity contribution in [2.24, 2.45) is 9.98 Å². The molecule has 0 radical (unpaired) electrons. The zero-order valence-corrected chi connectivity index (χ0v) is 28.1. The van der Waals surface area contributed by atoms with Gasteiger partial charge < -0.3 is 14.3 Å². The number of nitrogens with zero attached hydrogens (tertiary/aromatic N) is 3. The maximum absolute atomic E-state index is 6.30. The predicted octanol–water partition coefficient (Wildman–Crippen LogP) is 11.5. The summed E-state index contributed by atoms with van der Waals surface area (Å²) in [5.74, 6) is 1.55. The van der Waals surface area contributed by atoms with Gasteiger partial charge in [0, 0.05) is 58.5 Å². The fraction of sp³-hybridized carbons (Fsp3) is 0.0222. The number of thiophene rings is 1. The molecule has 0 fully saturated rings. The van der Waals surface area contributed by atoms with Gasteiger partial charge in [0.25, 0.3) is 0 Å². The second kappa shape index (κ2) is 11.0. The Hall–Kier alpha value is -6.50. The highest BCUT2D eigenvalue weighted by Crippen LogP contribution is 2.42. The van der Waals surface area contributed by atoms with E-state index in [4.69, 9.17) is 14.4 Å². The van der Waals surface area contributed by atoms with Crippen molar-refractivity contribution in [3.05, 3.63) is 174 Å². The van der Waals surface area contributed by atoms with Gasteiger partial charge in [0.15, 0.2) is 5.84 Å². The van der Waals surface area contributed by atoms with E-state index in [9.17, 15) is 0 Å². The SMILES string of the molecule is c1ccc(C2=NC(c3ccccc3)NC(c3ccc4c(c3)sc3ccc(-n5c6ccccc6c6c7c(ccc65)oc5ccccc57)cc34)=N2)cc1. The first kappa shape index (κ1) is 28.3. The largest absolute Gasteiger partial charge is 0.456 e. The van der Waals surface area contributed by atoms with Gasteiger partial charge in [-0.25, -0.2) is 9.98 Å². The first-order valence-corrected chi connectivity index (χ1v) is 17.9. The zero-order chi connectivity index (χ0) is 33.5. The van der Waals surface area contributed by atoms with Crippen LogP contribution in [-0.2, 0) is 0 Å².